The van der Waals surface area contributed by atoms with Crippen LogP contribution in [-0.4, -0.2) is 146 Å². The van der Waals surface area contributed by atoms with Crippen LogP contribution in [0.15, 0.2) is 171 Å². The Morgan fingerprint density at radius 2 is 1.08 bits per heavy atom. The Balaban J connectivity index is 0.000000121. The van der Waals surface area contributed by atoms with Gasteiger partial charge in [-0.2, -0.15) is 19.9 Å². The van der Waals surface area contributed by atoms with E-state index in [9.17, 15) is 4.39 Å². The van der Waals surface area contributed by atoms with Crippen molar-refractivity contribution in [3.63, 3.8) is 0 Å². The van der Waals surface area contributed by atoms with Crippen LogP contribution >= 0.6 is 0 Å². The first-order chi connectivity index (χ1) is 48.1. The lowest BCUT2D eigenvalue weighted by Crippen LogP contribution is -2.31. The molecule has 0 spiro atoms. The fourth-order valence-electron chi connectivity index (χ4n) is 14.1. The minimum atomic E-state index is -0.238. The van der Waals surface area contributed by atoms with Gasteiger partial charge in [0.25, 0.3) is 0 Å². The molecular formula is C75H75FN22. The Bertz CT molecular complexity index is 4920. The number of aromatic nitrogens is 14. The zero-order valence-corrected chi connectivity index (χ0v) is 55.1. The van der Waals surface area contributed by atoms with E-state index in [0.717, 1.165) is 175 Å². The Hall–Kier alpha value is -11.4. The number of nitrogens with two attached hydrogens (primary N) is 1. The number of nitrogens with one attached hydrogen (secondary N) is 2. The van der Waals surface area contributed by atoms with Crippen molar-refractivity contribution in [2.45, 2.75) is 64.7 Å². The minimum absolute atomic E-state index is 0.238. The lowest BCUT2D eigenvalue weighted by molar-refractivity contribution is 0.315. The van der Waals surface area contributed by atoms with Crippen LogP contribution in [0.4, 0.5) is 21.5 Å². The molecule has 1 unspecified atom stereocenters. The molecular weight excluding hydrogens is 1230 g/mol. The van der Waals surface area contributed by atoms with Crippen molar-refractivity contribution in [1.29, 1.82) is 10.5 Å². The standard InChI is InChI=1S/C28H30N8.C24H24FN7.C23H21N7/c29-9-1-10-31-15-21-8-11-34(16-21)25-6-7-26-24(12-25)18-35-17-23(22-4-2-20(14-30)3-5-22)13-27(35)28-33-32-19-36(26)28;1-29(2)21-9-10-30(15-21)20-7-8-22-18(11-20)14-31-13-17(16-3-5-19(25)6-4-16)12-23(31)24-26-27-28-32(22)24;1-2-3-10-25-20-8-9-21-19(11-20)15-29-14-18(17-6-4-16(13-24)5-7-17)12-22(29)23-26-27-28-30(21)23/h2-7,12-13,17,19,21,31H,1,8-11,15-16,18,29H2;3-8,11-13,21H,9-10,14-15H2,1-2H3;4-9,11-12,14,25H,2-3,10,15H2,1H3/t;21-;/m.1./s1. The number of hydrogen-bond donors (Lipinski definition) is 3. The normalized spacial score (nSPS) is 15.2. The SMILES string of the molecule is CCCCNc1ccc2c(c1)Cn1cc(-c3ccc(C#N)cc3)cc1-c1nnnn1-2.CN(C)[C@@H]1CCN(c2ccc3c(c2)Cn2cc(-c4ccc(F)cc4)cc2-c2nnnn2-3)C1.N#Cc1ccc(-c2cc3n(c2)Cc2cc(N4CCC(CNCCCN)C4)ccc2-n2cnnc2-3)cc1. The molecule has 6 aromatic heterocycles. The molecule has 11 heterocycles. The molecule has 22 nitrogen and oxygen atoms in total. The largest absolute Gasteiger partial charge is 0.385 e. The van der Waals surface area contributed by atoms with Crippen LogP contribution in [0.5, 0.6) is 0 Å². The van der Waals surface area contributed by atoms with E-state index in [2.05, 4.69) is 209 Å². The average Bonchev–Trinajstić information content (AvgIpc) is 1.62. The van der Waals surface area contributed by atoms with Gasteiger partial charge in [-0.3, -0.25) is 4.57 Å². The van der Waals surface area contributed by atoms with Gasteiger partial charge in [0.05, 0.1) is 57.4 Å². The third-order valence-electron chi connectivity index (χ3n) is 19.4. The number of unbranched alkanes of at least 4 members (excludes halogenated alkanes) is 1. The molecule has 5 aliphatic rings. The van der Waals surface area contributed by atoms with Crippen molar-refractivity contribution >= 4 is 17.1 Å². The molecule has 12 aromatic rings. The first-order valence-electron chi connectivity index (χ1n) is 33.6. The maximum absolute atomic E-state index is 13.4. The quantitative estimate of drug-likeness (QED) is 0.0809. The molecule has 2 saturated heterocycles. The van der Waals surface area contributed by atoms with Crippen LogP contribution in [-0.2, 0) is 19.6 Å². The summed E-state index contributed by atoms with van der Waals surface area (Å²) in [5, 5.41) is 59.0. The number of likely N-dealkylation sites (N-methyl/N-ethyl adjacent to an activating group) is 1. The van der Waals surface area contributed by atoms with E-state index < -0.39 is 0 Å². The number of halogens is 1. The van der Waals surface area contributed by atoms with Gasteiger partial charge in [-0.05, 0) is 229 Å². The van der Waals surface area contributed by atoms with Crippen LogP contribution in [0.2, 0.25) is 0 Å². The molecule has 2 fully saturated rings. The van der Waals surface area contributed by atoms with E-state index in [1.54, 1.807) is 18.5 Å². The summed E-state index contributed by atoms with van der Waals surface area (Å²) in [5.41, 5.74) is 26.5. The molecule has 17 rings (SSSR count). The van der Waals surface area contributed by atoms with Gasteiger partial charge < -0.3 is 44.8 Å². The van der Waals surface area contributed by atoms with E-state index in [1.807, 2.05) is 57.9 Å². The Kier molecular flexibility index (Phi) is 17.5. The van der Waals surface area contributed by atoms with E-state index in [0.29, 0.717) is 35.5 Å². The number of anilines is 3. The number of tetrazole rings is 2. The molecule has 0 radical (unpaired) electrons. The predicted molar refractivity (Wildman–Crippen MR) is 378 cm³/mol. The molecule has 0 amide bonds. The highest BCUT2D eigenvalue weighted by molar-refractivity contribution is 5.75. The summed E-state index contributed by atoms with van der Waals surface area (Å²) in [5.74, 6) is 2.70. The number of rotatable bonds is 15. The van der Waals surface area contributed by atoms with E-state index in [4.69, 9.17) is 16.3 Å². The van der Waals surface area contributed by atoms with Crippen LogP contribution in [0.25, 0.3) is 85.0 Å². The zero-order chi connectivity index (χ0) is 66.8. The second kappa shape index (κ2) is 27.4. The maximum Gasteiger partial charge on any atom is 0.203 e. The van der Waals surface area contributed by atoms with Gasteiger partial charge in [0.15, 0.2) is 5.82 Å². The second-order valence-corrected chi connectivity index (χ2v) is 26.0. The molecule has 98 heavy (non-hydrogen) atoms. The van der Waals surface area contributed by atoms with Crippen molar-refractivity contribution in [2.75, 3.05) is 81.6 Å². The maximum atomic E-state index is 13.4. The second-order valence-electron chi connectivity index (χ2n) is 26.0. The monoisotopic (exact) mass is 1300 g/mol. The fourth-order valence-corrected chi connectivity index (χ4v) is 14.1. The summed E-state index contributed by atoms with van der Waals surface area (Å²) in [6, 6.07) is 52.9. The van der Waals surface area contributed by atoms with Gasteiger partial charge >= 0.3 is 0 Å². The molecule has 0 bridgehead atoms. The third kappa shape index (κ3) is 12.6. The summed E-state index contributed by atoms with van der Waals surface area (Å²) in [4.78, 5) is 7.27. The topological polar surface area (TPSA) is 240 Å². The highest BCUT2D eigenvalue weighted by Crippen LogP contribution is 2.39. The van der Waals surface area contributed by atoms with Crippen molar-refractivity contribution in [3.05, 3.63) is 204 Å². The summed E-state index contributed by atoms with van der Waals surface area (Å²) >= 11 is 0. The third-order valence-corrected chi connectivity index (χ3v) is 19.4. The van der Waals surface area contributed by atoms with E-state index >= 15 is 0 Å². The number of nitrogens with zero attached hydrogens (tertiary/aromatic N) is 19. The summed E-state index contributed by atoms with van der Waals surface area (Å²) in [7, 11) is 4.30. The van der Waals surface area contributed by atoms with Gasteiger partial charge in [-0.15, -0.1) is 20.4 Å². The van der Waals surface area contributed by atoms with E-state index in [1.165, 1.54) is 47.5 Å². The molecule has 0 saturated carbocycles. The van der Waals surface area contributed by atoms with Crippen LogP contribution < -0.4 is 26.2 Å². The highest BCUT2D eigenvalue weighted by atomic mass is 19.1. The molecule has 5 aliphatic heterocycles. The van der Waals surface area contributed by atoms with Crippen molar-refractivity contribution < 1.29 is 4.39 Å². The predicted octanol–water partition coefficient (Wildman–Crippen LogP) is 11.1. The van der Waals surface area contributed by atoms with Crippen LogP contribution in [0.3, 0.4) is 0 Å². The summed E-state index contributed by atoms with van der Waals surface area (Å²) < 4.78 is 25.8. The lowest BCUT2D eigenvalue weighted by atomic mass is 10.1. The van der Waals surface area contributed by atoms with Gasteiger partial charge in [0, 0.05) is 111 Å². The first kappa shape index (κ1) is 62.7. The molecule has 6 aromatic carbocycles. The van der Waals surface area contributed by atoms with Crippen molar-refractivity contribution in [1.82, 2.24) is 79.1 Å². The molecule has 23 heteroatoms. The average molecular weight is 1300 g/mol. The fraction of sp³-hybridized carbons (Fsp3) is 0.280. The van der Waals surface area contributed by atoms with Crippen molar-refractivity contribution in [2.24, 2.45) is 11.7 Å². The number of hydrogen-bond acceptors (Lipinski definition) is 16. The van der Waals surface area contributed by atoms with Crippen LogP contribution in [0.1, 0.15) is 66.8 Å². The molecule has 4 N–H and O–H groups in total. The molecule has 492 valence electrons. The molecule has 0 aliphatic carbocycles. The molecule has 2 atom stereocenters. The van der Waals surface area contributed by atoms with Gasteiger partial charge in [-0.25, -0.2) is 4.39 Å². The first-order valence-corrected chi connectivity index (χ1v) is 33.6. The number of nitriles is 2. The van der Waals surface area contributed by atoms with Gasteiger partial charge in [0.2, 0.25) is 11.6 Å². The van der Waals surface area contributed by atoms with Crippen LogP contribution in [0, 0.1) is 34.4 Å². The zero-order valence-electron chi connectivity index (χ0n) is 55.1. The lowest BCUT2D eigenvalue weighted by Gasteiger charge is -2.23. The van der Waals surface area contributed by atoms with Crippen molar-refractivity contribution in [3.8, 4) is 97.1 Å². The summed E-state index contributed by atoms with van der Waals surface area (Å²) in [6.45, 7) is 12.4. The van der Waals surface area contributed by atoms with Gasteiger partial charge in [-0.1, -0.05) is 49.7 Å². The Morgan fingerprint density at radius 3 is 1.63 bits per heavy atom. The van der Waals surface area contributed by atoms with Gasteiger partial charge in [0.1, 0.15) is 12.1 Å². The minimum Gasteiger partial charge on any atom is -0.385 e. The number of benzene rings is 6. The Morgan fingerprint density at radius 1 is 0.561 bits per heavy atom. The summed E-state index contributed by atoms with van der Waals surface area (Å²) in [6.07, 6.45) is 13.9. The van der Waals surface area contributed by atoms with E-state index in [-0.39, 0.29) is 5.82 Å². The highest BCUT2D eigenvalue weighted by Gasteiger charge is 2.30. The smallest absolute Gasteiger partial charge is 0.203 e. The Labute approximate surface area is 567 Å². The number of fused-ring (bicyclic) bond motifs is 15.